The van der Waals surface area contributed by atoms with Crippen LogP contribution in [0.5, 0.6) is 0 Å². The van der Waals surface area contributed by atoms with Crippen molar-refractivity contribution in [3.63, 3.8) is 0 Å². The van der Waals surface area contributed by atoms with Crippen LogP contribution < -0.4 is 0 Å². The summed E-state index contributed by atoms with van der Waals surface area (Å²) in [5.74, 6) is -3.15. The molecule has 0 aliphatic carbocycles. The Balaban J connectivity index is -0.000000144. The van der Waals surface area contributed by atoms with Gasteiger partial charge in [-0.25, -0.2) is 14.4 Å². The molecule has 0 aliphatic rings. The molecule has 0 fully saturated rings. The van der Waals surface area contributed by atoms with E-state index in [1.807, 2.05) is 0 Å². The summed E-state index contributed by atoms with van der Waals surface area (Å²) in [4.78, 5) is 27.6. The summed E-state index contributed by atoms with van der Waals surface area (Å²) >= 11 is 0. The van der Waals surface area contributed by atoms with E-state index in [9.17, 15) is 9.59 Å². The molecular weight excluding hydrogens is 208 g/mol. The molecule has 0 bridgehead atoms. The van der Waals surface area contributed by atoms with Gasteiger partial charge < -0.3 is 20.4 Å². The fraction of sp³-hybridized carbons (Fsp3) is 0.125. The second-order valence-electron chi connectivity index (χ2n) is 1.64. The first-order valence-corrected chi connectivity index (χ1v) is 3.35. The molecule has 15 heavy (non-hydrogen) atoms. The summed E-state index contributed by atoms with van der Waals surface area (Å²) in [6.07, 6.45) is 1.67. The van der Waals surface area contributed by atoms with Crippen LogP contribution in [0.25, 0.3) is 0 Å². The van der Waals surface area contributed by atoms with Crippen molar-refractivity contribution < 1.29 is 34.8 Å². The SMILES string of the molecule is C=CC(=O)O.C=CC(=O)O.O=C(O)CO. The van der Waals surface area contributed by atoms with Crippen LogP contribution in [0.4, 0.5) is 0 Å². The molecule has 7 nitrogen and oxygen atoms in total. The predicted octanol–water partition coefficient (Wildman–Crippen LogP) is -0.423. The van der Waals surface area contributed by atoms with Gasteiger partial charge in [0.05, 0.1) is 0 Å². The van der Waals surface area contributed by atoms with Gasteiger partial charge in [-0.05, 0) is 0 Å². The number of aliphatic hydroxyl groups is 1. The summed E-state index contributed by atoms with van der Waals surface area (Å²) in [7, 11) is 0. The second-order valence-corrected chi connectivity index (χ2v) is 1.64. The van der Waals surface area contributed by atoms with E-state index in [0.29, 0.717) is 0 Å². The Hall–Kier alpha value is -2.15. The third-order valence-corrected chi connectivity index (χ3v) is 0.485. The maximum absolute atomic E-state index is 9.25. The van der Waals surface area contributed by atoms with Crippen molar-refractivity contribution in [2.45, 2.75) is 0 Å². The molecule has 0 atom stereocenters. The molecular formula is C8H12O7. The topological polar surface area (TPSA) is 132 Å². The van der Waals surface area contributed by atoms with Crippen molar-refractivity contribution in [3.8, 4) is 0 Å². The van der Waals surface area contributed by atoms with E-state index in [1.165, 1.54) is 0 Å². The van der Waals surface area contributed by atoms with Crippen molar-refractivity contribution in [3.05, 3.63) is 25.3 Å². The molecule has 7 heteroatoms. The van der Waals surface area contributed by atoms with Gasteiger partial charge >= 0.3 is 17.9 Å². The first-order valence-electron chi connectivity index (χ1n) is 3.35. The van der Waals surface area contributed by atoms with Gasteiger partial charge in [-0.15, -0.1) is 0 Å². The minimum absolute atomic E-state index is 0.778. The molecule has 0 aromatic heterocycles. The lowest BCUT2D eigenvalue weighted by Gasteiger charge is -1.72. The lowest BCUT2D eigenvalue weighted by molar-refractivity contribution is -0.140. The van der Waals surface area contributed by atoms with Gasteiger partial charge in [-0.3, -0.25) is 0 Å². The van der Waals surface area contributed by atoms with Gasteiger partial charge in [0, 0.05) is 12.2 Å². The van der Waals surface area contributed by atoms with E-state index in [0.717, 1.165) is 12.2 Å². The van der Waals surface area contributed by atoms with Crippen LogP contribution in [-0.4, -0.2) is 44.9 Å². The molecule has 4 N–H and O–H groups in total. The Labute approximate surface area is 85.6 Å². The van der Waals surface area contributed by atoms with Gasteiger partial charge in [0.1, 0.15) is 6.61 Å². The minimum Gasteiger partial charge on any atom is -0.480 e. The van der Waals surface area contributed by atoms with Gasteiger partial charge in [0.25, 0.3) is 0 Å². The number of carboxylic acids is 3. The van der Waals surface area contributed by atoms with E-state index in [2.05, 4.69) is 13.2 Å². The highest BCUT2D eigenvalue weighted by molar-refractivity contribution is 5.79. The van der Waals surface area contributed by atoms with Crippen LogP contribution in [0.15, 0.2) is 25.3 Å². The van der Waals surface area contributed by atoms with Crippen LogP contribution in [0.2, 0.25) is 0 Å². The summed E-state index contributed by atoms with van der Waals surface area (Å²) in [6.45, 7) is 5.14. The first-order chi connectivity index (χ1) is 6.81. The Morgan fingerprint density at radius 3 is 1.07 bits per heavy atom. The molecule has 0 amide bonds. The molecule has 0 rings (SSSR count). The van der Waals surface area contributed by atoms with Gasteiger partial charge in [0.2, 0.25) is 0 Å². The van der Waals surface area contributed by atoms with E-state index in [4.69, 9.17) is 25.2 Å². The zero-order valence-corrected chi connectivity index (χ0v) is 7.79. The van der Waals surface area contributed by atoms with E-state index in [-0.39, 0.29) is 0 Å². The molecule has 0 aromatic carbocycles. The molecule has 0 aliphatic heterocycles. The second kappa shape index (κ2) is 14.4. The lowest BCUT2D eigenvalue weighted by Crippen LogP contribution is -1.98. The van der Waals surface area contributed by atoms with Crippen LogP contribution in [0, 0.1) is 0 Å². The smallest absolute Gasteiger partial charge is 0.329 e. The predicted molar refractivity (Wildman–Crippen MR) is 50.4 cm³/mol. The van der Waals surface area contributed by atoms with Gasteiger partial charge in [0.15, 0.2) is 0 Å². The lowest BCUT2D eigenvalue weighted by atomic mass is 10.7. The number of hydrogen-bond donors (Lipinski definition) is 4. The first kappa shape index (κ1) is 18.6. The standard InChI is InChI=1S/2C3H4O2.C2H4O3/c2*1-2-3(4)5;3-1-2(4)5/h2*2H,1H2,(H,4,5);3H,1H2,(H,4,5). The molecule has 0 saturated heterocycles. The Bertz CT molecular complexity index is 213. The van der Waals surface area contributed by atoms with Crippen LogP contribution in [0.1, 0.15) is 0 Å². The fourth-order valence-corrected chi connectivity index (χ4v) is 0. The highest BCUT2D eigenvalue weighted by Crippen LogP contribution is 1.55. The highest BCUT2D eigenvalue weighted by atomic mass is 16.4. The average Bonchev–Trinajstić information content (AvgIpc) is 2.19. The zero-order valence-electron chi connectivity index (χ0n) is 7.79. The van der Waals surface area contributed by atoms with E-state index in [1.54, 1.807) is 0 Å². The highest BCUT2D eigenvalue weighted by Gasteiger charge is 1.82. The third kappa shape index (κ3) is 77.6. The Morgan fingerprint density at radius 1 is 0.933 bits per heavy atom. The summed E-state index contributed by atoms with van der Waals surface area (Å²) in [5, 5.41) is 30.2. The Kier molecular flexibility index (Phi) is 17.8. The van der Waals surface area contributed by atoms with Crippen molar-refractivity contribution >= 4 is 17.9 Å². The quantitative estimate of drug-likeness (QED) is 0.474. The minimum atomic E-state index is -1.19. The zero-order chi connectivity index (χ0) is 12.9. The van der Waals surface area contributed by atoms with Crippen molar-refractivity contribution in [1.82, 2.24) is 0 Å². The molecule has 0 heterocycles. The number of carboxylic acid groups (broad SMARTS) is 3. The summed E-state index contributed by atoms with van der Waals surface area (Å²) < 4.78 is 0. The third-order valence-electron chi connectivity index (χ3n) is 0.485. The van der Waals surface area contributed by atoms with Crippen molar-refractivity contribution in [2.75, 3.05) is 6.61 Å². The van der Waals surface area contributed by atoms with Gasteiger partial charge in [-0.2, -0.15) is 0 Å². The van der Waals surface area contributed by atoms with Crippen molar-refractivity contribution in [1.29, 1.82) is 0 Å². The molecule has 0 spiro atoms. The number of aliphatic carboxylic acids is 3. The van der Waals surface area contributed by atoms with Crippen molar-refractivity contribution in [2.24, 2.45) is 0 Å². The van der Waals surface area contributed by atoms with Crippen LogP contribution >= 0.6 is 0 Å². The van der Waals surface area contributed by atoms with Crippen LogP contribution in [0.3, 0.4) is 0 Å². The number of carbonyl (C=O) groups is 3. The molecule has 86 valence electrons. The summed E-state index contributed by atoms with van der Waals surface area (Å²) in [6, 6.07) is 0. The molecule has 0 saturated carbocycles. The normalized spacial score (nSPS) is 6.73. The number of aliphatic hydroxyl groups excluding tert-OH is 1. The Morgan fingerprint density at radius 2 is 1.07 bits per heavy atom. The maximum atomic E-state index is 9.25. The molecule has 0 radical (unpaired) electrons. The summed E-state index contributed by atoms with van der Waals surface area (Å²) in [5.41, 5.74) is 0. The monoisotopic (exact) mass is 220 g/mol. The van der Waals surface area contributed by atoms with Crippen LogP contribution in [-0.2, 0) is 14.4 Å². The molecule has 0 unspecified atom stereocenters. The maximum Gasteiger partial charge on any atom is 0.329 e. The fourth-order valence-electron chi connectivity index (χ4n) is 0. The van der Waals surface area contributed by atoms with E-state index < -0.39 is 24.5 Å². The van der Waals surface area contributed by atoms with Gasteiger partial charge in [-0.1, -0.05) is 13.2 Å². The molecule has 0 aromatic rings. The largest absolute Gasteiger partial charge is 0.480 e. The number of hydrogen-bond acceptors (Lipinski definition) is 4. The number of rotatable bonds is 3. The average molecular weight is 220 g/mol. The van der Waals surface area contributed by atoms with E-state index >= 15 is 0 Å².